The molecular weight excluding hydrogens is 204 g/mol. The zero-order valence-electron chi connectivity index (χ0n) is 10.8. The molecule has 0 bridgehead atoms. The SMILES string of the molecule is CCC1CC(NC(C)C(=O)N(C)C)CCO1. The maximum atomic E-state index is 11.7. The second-order valence-corrected chi connectivity index (χ2v) is 4.74. The molecule has 1 aliphatic rings. The van der Waals surface area contributed by atoms with Gasteiger partial charge in [0.15, 0.2) is 0 Å². The Morgan fingerprint density at radius 1 is 1.56 bits per heavy atom. The Balaban J connectivity index is 2.38. The third-order valence-electron chi connectivity index (χ3n) is 3.12. The summed E-state index contributed by atoms with van der Waals surface area (Å²) in [7, 11) is 3.58. The van der Waals surface area contributed by atoms with Crippen molar-refractivity contribution in [1.82, 2.24) is 10.2 Å². The van der Waals surface area contributed by atoms with Gasteiger partial charge in [0.25, 0.3) is 0 Å². The third-order valence-corrected chi connectivity index (χ3v) is 3.12. The van der Waals surface area contributed by atoms with Crippen LogP contribution >= 0.6 is 0 Å². The Morgan fingerprint density at radius 2 is 2.25 bits per heavy atom. The first-order chi connectivity index (χ1) is 7.54. The van der Waals surface area contributed by atoms with Crippen LogP contribution in [0.15, 0.2) is 0 Å². The Bertz CT molecular complexity index is 231. The first-order valence-electron chi connectivity index (χ1n) is 6.13. The van der Waals surface area contributed by atoms with E-state index in [2.05, 4.69) is 12.2 Å². The van der Waals surface area contributed by atoms with Crippen LogP contribution in [0, 0.1) is 0 Å². The van der Waals surface area contributed by atoms with E-state index in [4.69, 9.17) is 4.74 Å². The molecule has 3 atom stereocenters. The molecule has 4 heteroatoms. The number of amides is 1. The topological polar surface area (TPSA) is 41.6 Å². The lowest BCUT2D eigenvalue weighted by molar-refractivity contribution is -0.131. The van der Waals surface area contributed by atoms with Crippen LogP contribution in [0.1, 0.15) is 33.1 Å². The lowest BCUT2D eigenvalue weighted by atomic mass is 10.0. The van der Waals surface area contributed by atoms with E-state index in [-0.39, 0.29) is 11.9 Å². The molecule has 0 aromatic heterocycles. The fourth-order valence-corrected chi connectivity index (χ4v) is 2.13. The van der Waals surface area contributed by atoms with Gasteiger partial charge in [-0.25, -0.2) is 0 Å². The highest BCUT2D eigenvalue weighted by molar-refractivity contribution is 5.80. The normalized spacial score (nSPS) is 27.5. The van der Waals surface area contributed by atoms with Crippen LogP contribution < -0.4 is 5.32 Å². The Morgan fingerprint density at radius 3 is 2.81 bits per heavy atom. The summed E-state index contributed by atoms with van der Waals surface area (Å²) in [5, 5.41) is 3.39. The van der Waals surface area contributed by atoms with Crippen LogP contribution in [0.2, 0.25) is 0 Å². The van der Waals surface area contributed by atoms with Crippen molar-refractivity contribution in [2.24, 2.45) is 0 Å². The van der Waals surface area contributed by atoms with Crippen molar-refractivity contribution in [2.75, 3.05) is 20.7 Å². The van der Waals surface area contributed by atoms with E-state index in [1.54, 1.807) is 19.0 Å². The van der Waals surface area contributed by atoms with Gasteiger partial charge in [0.2, 0.25) is 5.91 Å². The summed E-state index contributed by atoms with van der Waals surface area (Å²) in [5.41, 5.74) is 0. The number of carbonyl (C=O) groups is 1. The number of hydrogen-bond acceptors (Lipinski definition) is 3. The van der Waals surface area contributed by atoms with Gasteiger partial charge >= 0.3 is 0 Å². The third kappa shape index (κ3) is 3.76. The molecule has 1 heterocycles. The molecule has 0 aromatic carbocycles. The number of nitrogens with zero attached hydrogens (tertiary/aromatic N) is 1. The smallest absolute Gasteiger partial charge is 0.238 e. The van der Waals surface area contributed by atoms with Crippen molar-refractivity contribution in [1.29, 1.82) is 0 Å². The molecule has 4 nitrogen and oxygen atoms in total. The van der Waals surface area contributed by atoms with Gasteiger partial charge < -0.3 is 15.0 Å². The predicted molar refractivity (Wildman–Crippen MR) is 64.3 cm³/mol. The molecule has 1 fully saturated rings. The highest BCUT2D eigenvalue weighted by Crippen LogP contribution is 2.16. The van der Waals surface area contributed by atoms with E-state index in [0.29, 0.717) is 12.1 Å². The second kappa shape index (κ2) is 6.21. The monoisotopic (exact) mass is 228 g/mol. The molecule has 94 valence electrons. The molecule has 0 spiro atoms. The number of likely N-dealkylation sites (N-methyl/N-ethyl adjacent to an activating group) is 1. The lowest BCUT2D eigenvalue weighted by Crippen LogP contribution is -2.49. The maximum Gasteiger partial charge on any atom is 0.238 e. The highest BCUT2D eigenvalue weighted by atomic mass is 16.5. The summed E-state index contributed by atoms with van der Waals surface area (Å²) in [6.45, 7) is 4.87. The molecule has 16 heavy (non-hydrogen) atoms. The fourth-order valence-electron chi connectivity index (χ4n) is 2.13. The van der Waals surface area contributed by atoms with Gasteiger partial charge in [-0.1, -0.05) is 6.92 Å². The Hall–Kier alpha value is -0.610. The largest absolute Gasteiger partial charge is 0.378 e. The van der Waals surface area contributed by atoms with Crippen LogP contribution in [0.4, 0.5) is 0 Å². The van der Waals surface area contributed by atoms with Gasteiger partial charge in [-0.05, 0) is 26.2 Å². The standard InChI is InChI=1S/C12H24N2O2/c1-5-11-8-10(6-7-16-11)13-9(2)12(15)14(3)4/h9-11,13H,5-8H2,1-4H3. The molecule has 3 unspecified atom stereocenters. The number of hydrogen-bond donors (Lipinski definition) is 1. The average molecular weight is 228 g/mol. The van der Waals surface area contributed by atoms with Gasteiger partial charge in [-0.3, -0.25) is 4.79 Å². The van der Waals surface area contributed by atoms with Crippen molar-refractivity contribution in [3.8, 4) is 0 Å². The van der Waals surface area contributed by atoms with Crippen molar-refractivity contribution in [2.45, 2.75) is 51.3 Å². The molecule has 0 aromatic rings. The molecule has 1 N–H and O–H groups in total. The summed E-state index contributed by atoms with van der Waals surface area (Å²) in [6.07, 6.45) is 3.42. The van der Waals surface area contributed by atoms with Gasteiger partial charge in [0.05, 0.1) is 12.1 Å². The van der Waals surface area contributed by atoms with E-state index in [1.807, 2.05) is 6.92 Å². The number of rotatable bonds is 4. The van der Waals surface area contributed by atoms with E-state index >= 15 is 0 Å². The summed E-state index contributed by atoms with van der Waals surface area (Å²) < 4.78 is 5.61. The van der Waals surface area contributed by atoms with E-state index < -0.39 is 0 Å². The average Bonchev–Trinajstić information content (AvgIpc) is 2.28. The minimum atomic E-state index is -0.101. The fraction of sp³-hybridized carbons (Fsp3) is 0.917. The predicted octanol–water partition coefficient (Wildman–Crippen LogP) is 1.01. The van der Waals surface area contributed by atoms with Crippen LogP contribution in [-0.2, 0) is 9.53 Å². The number of nitrogens with one attached hydrogen (secondary N) is 1. The summed E-state index contributed by atoms with van der Waals surface area (Å²) in [6, 6.07) is 0.313. The molecule has 0 saturated carbocycles. The van der Waals surface area contributed by atoms with Crippen molar-refractivity contribution >= 4 is 5.91 Å². The van der Waals surface area contributed by atoms with Crippen molar-refractivity contribution in [3.63, 3.8) is 0 Å². The first-order valence-corrected chi connectivity index (χ1v) is 6.13. The van der Waals surface area contributed by atoms with Gasteiger partial charge in [0.1, 0.15) is 0 Å². The molecule has 0 radical (unpaired) electrons. The quantitative estimate of drug-likeness (QED) is 0.781. The van der Waals surface area contributed by atoms with Crippen molar-refractivity contribution < 1.29 is 9.53 Å². The van der Waals surface area contributed by atoms with E-state index in [1.165, 1.54) is 0 Å². The van der Waals surface area contributed by atoms with Crippen LogP contribution in [0.3, 0.4) is 0 Å². The molecular formula is C12H24N2O2. The van der Waals surface area contributed by atoms with Crippen LogP contribution in [0.25, 0.3) is 0 Å². The lowest BCUT2D eigenvalue weighted by Gasteiger charge is -2.32. The minimum absolute atomic E-state index is 0.101. The van der Waals surface area contributed by atoms with Crippen LogP contribution in [-0.4, -0.2) is 49.7 Å². The summed E-state index contributed by atoms with van der Waals surface area (Å²) >= 11 is 0. The highest BCUT2D eigenvalue weighted by Gasteiger charge is 2.24. The first kappa shape index (κ1) is 13.5. The molecule has 1 rings (SSSR count). The number of carbonyl (C=O) groups excluding carboxylic acids is 1. The Labute approximate surface area is 98.3 Å². The molecule has 0 aliphatic carbocycles. The Kier molecular flexibility index (Phi) is 5.22. The van der Waals surface area contributed by atoms with Crippen molar-refractivity contribution in [3.05, 3.63) is 0 Å². The van der Waals surface area contributed by atoms with Crippen LogP contribution in [0.5, 0.6) is 0 Å². The molecule has 1 aliphatic heterocycles. The minimum Gasteiger partial charge on any atom is -0.378 e. The van der Waals surface area contributed by atoms with Gasteiger partial charge in [-0.15, -0.1) is 0 Å². The zero-order valence-corrected chi connectivity index (χ0v) is 10.8. The van der Waals surface area contributed by atoms with E-state index in [9.17, 15) is 4.79 Å². The van der Waals surface area contributed by atoms with Gasteiger partial charge in [0, 0.05) is 26.7 Å². The summed E-state index contributed by atoms with van der Waals surface area (Å²) in [4.78, 5) is 13.3. The zero-order chi connectivity index (χ0) is 12.1. The molecule has 1 saturated heterocycles. The molecule has 1 amide bonds. The van der Waals surface area contributed by atoms with E-state index in [0.717, 1.165) is 25.9 Å². The van der Waals surface area contributed by atoms with Gasteiger partial charge in [-0.2, -0.15) is 0 Å². The second-order valence-electron chi connectivity index (χ2n) is 4.74. The maximum absolute atomic E-state index is 11.7. The number of ether oxygens (including phenoxy) is 1. The summed E-state index contributed by atoms with van der Waals surface area (Å²) in [5.74, 6) is 0.138.